The maximum atomic E-state index is 6.20. The van der Waals surface area contributed by atoms with Gasteiger partial charge in [-0.1, -0.05) is 12.1 Å². The molecule has 1 saturated carbocycles. The monoisotopic (exact) mass is 265 g/mol. The molecule has 20 heavy (non-hydrogen) atoms. The van der Waals surface area contributed by atoms with Gasteiger partial charge in [0.25, 0.3) is 0 Å². The Labute approximate surface area is 119 Å². The molecule has 4 rings (SSSR count). The van der Waals surface area contributed by atoms with E-state index in [-0.39, 0.29) is 5.54 Å². The summed E-state index contributed by atoms with van der Waals surface area (Å²) >= 11 is 0. The van der Waals surface area contributed by atoms with E-state index in [0.29, 0.717) is 0 Å². The second-order valence-corrected chi connectivity index (χ2v) is 6.11. The van der Waals surface area contributed by atoms with E-state index >= 15 is 0 Å². The molecule has 2 N–H and O–H groups in total. The summed E-state index contributed by atoms with van der Waals surface area (Å²) in [6.45, 7) is 0. The molecule has 0 aliphatic heterocycles. The third kappa shape index (κ3) is 2.02. The standard InChI is InChI=1S/C17H19N3/c18-17(8-9-17)16-19-10-7-15(20-16)14-6-5-12-3-1-2-4-13(12)11-14/h5-7,10-11H,1-4,8-9,18H2. The van der Waals surface area contributed by atoms with Gasteiger partial charge in [0.15, 0.2) is 0 Å². The number of hydrogen-bond acceptors (Lipinski definition) is 3. The van der Waals surface area contributed by atoms with Crippen molar-refractivity contribution in [3.63, 3.8) is 0 Å². The minimum atomic E-state index is -0.260. The van der Waals surface area contributed by atoms with Crippen molar-refractivity contribution in [1.29, 1.82) is 0 Å². The lowest BCUT2D eigenvalue weighted by Gasteiger charge is -2.16. The molecule has 0 spiro atoms. The highest BCUT2D eigenvalue weighted by Gasteiger charge is 2.43. The lowest BCUT2D eigenvalue weighted by Crippen LogP contribution is -2.22. The summed E-state index contributed by atoms with van der Waals surface area (Å²) in [5.41, 5.74) is 11.1. The average molecular weight is 265 g/mol. The summed E-state index contributed by atoms with van der Waals surface area (Å²) in [7, 11) is 0. The van der Waals surface area contributed by atoms with E-state index in [0.717, 1.165) is 24.4 Å². The van der Waals surface area contributed by atoms with Crippen molar-refractivity contribution in [2.45, 2.75) is 44.1 Å². The molecule has 2 aliphatic carbocycles. The smallest absolute Gasteiger partial charge is 0.148 e. The van der Waals surface area contributed by atoms with Crippen LogP contribution in [0.5, 0.6) is 0 Å². The summed E-state index contributed by atoms with van der Waals surface area (Å²) in [4.78, 5) is 9.04. The number of benzene rings is 1. The fourth-order valence-electron chi connectivity index (χ4n) is 3.01. The van der Waals surface area contributed by atoms with Crippen LogP contribution in [0.4, 0.5) is 0 Å². The van der Waals surface area contributed by atoms with Gasteiger partial charge in [0, 0.05) is 11.8 Å². The van der Waals surface area contributed by atoms with E-state index in [4.69, 9.17) is 5.73 Å². The van der Waals surface area contributed by atoms with E-state index in [1.807, 2.05) is 12.3 Å². The summed E-state index contributed by atoms with van der Waals surface area (Å²) in [6.07, 6.45) is 8.88. The molecule has 1 aromatic heterocycles. The Morgan fingerprint density at radius 3 is 2.60 bits per heavy atom. The Hall–Kier alpha value is -1.74. The molecule has 0 bridgehead atoms. The zero-order valence-electron chi connectivity index (χ0n) is 11.6. The molecular formula is C17H19N3. The van der Waals surface area contributed by atoms with Gasteiger partial charge in [-0.3, -0.25) is 0 Å². The lowest BCUT2D eigenvalue weighted by atomic mass is 9.90. The van der Waals surface area contributed by atoms with Gasteiger partial charge in [-0.05, 0) is 61.8 Å². The average Bonchev–Trinajstić information content (AvgIpc) is 3.26. The van der Waals surface area contributed by atoms with Crippen molar-refractivity contribution in [3.8, 4) is 11.3 Å². The van der Waals surface area contributed by atoms with E-state index in [9.17, 15) is 0 Å². The highest BCUT2D eigenvalue weighted by Crippen LogP contribution is 2.41. The third-order valence-electron chi connectivity index (χ3n) is 4.53. The Kier molecular flexibility index (Phi) is 2.64. The van der Waals surface area contributed by atoms with Crippen LogP contribution in [0.2, 0.25) is 0 Å². The number of aryl methyl sites for hydroxylation is 2. The maximum absolute atomic E-state index is 6.20. The molecule has 0 atom stereocenters. The summed E-state index contributed by atoms with van der Waals surface area (Å²) < 4.78 is 0. The van der Waals surface area contributed by atoms with Gasteiger partial charge in [-0.2, -0.15) is 0 Å². The number of aromatic nitrogens is 2. The van der Waals surface area contributed by atoms with Crippen LogP contribution in [-0.4, -0.2) is 9.97 Å². The third-order valence-corrected chi connectivity index (χ3v) is 4.53. The Balaban J connectivity index is 1.73. The quantitative estimate of drug-likeness (QED) is 0.908. The zero-order chi connectivity index (χ0) is 13.6. The van der Waals surface area contributed by atoms with Gasteiger partial charge in [-0.15, -0.1) is 0 Å². The van der Waals surface area contributed by atoms with Crippen LogP contribution in [0.1, 0.15) is 42.6 Å². The molecule has 0 unspecified atom stereocenters. The first-order valence-corrected chi connectivity index (χ1v) is 7.49. The second-order valence-electron chi connectivity index (χ2n) is 6.11. The van der Waals surface area contributed by atoms with Gasteiger partial charge >= 0.3 is 0 Å². The molecule has 3 nitrogen and oxygen atoms in total. The van der Waals surface area contributed by atoms with Crippen molar-refractivity contribution in [3.05, 3.63) is 47.4 Å². The molecule has 0 amide bonds. The van der Waals surface area contributed by atoms with Crippen LogP contribution in [0.15, 0.2) is 30.5 Å². The summed E-state index contributed by atoms with van der Waals surface area (Å²) in [5, 5.41) is 0. The summed E-state index contributed by atoms with van der Waals surface area (Å²) in [6, 6.07) is 8.74. The van der Waals surface area contributed by atoms with Crippen LogP contribution in [-0.2, 0) is 18.4 Å². The number of nitrogens with zero attached hydrogens (tertiary/aromatic N) is 2. The second kappa shape index (κ2) is 4.38. The minimum Gasteiger partial charge on any atom is -0.319 e. The Morgan fingerprint density at radius 1 is 1.00 bits per heavy atom. The highest BCUT2D eigenvalue weighted by molar-refractivity contribution is 5.61. The van der Waals surface area contributed by atoms with E-state index in [2.05, 4.69) is 28.2 Å². The normalized spacial score (nSPS) is 19.4. The predicted octanol–water partition coefficient (Wildman–Crippen LogP) is 2.97. The van der Waals surface area contributed by atoms with Crippen molar-refractivity contribution in [2.75, 3.05) is 0 Å². The molecule has 1 fully saturated rings. The maximum Gasteiger partial charge on any atom is 0.148 e. The van der Waals surface area contributed by atoms with Crippen molar-refractivity contribution in [1.82, 2.24) is 9.97 Å². The van der Waals surface area contributed by atoms with Crippen LogP contribution in [0.3, 0.4) is 0 Å². The largest absolute Gasteiger partial charge is 0.319 e. The van der Waals surface area contributed by atoms with Crippen molar-refractivity contribution >= 4 is 0 Å². The van der Waals surface area contributed by atoms with Gasteiger partial charge in [0.2, 0.25) is 0 Å². The number of fused-ring (bicyclic) bond motifs is 1. The molecule has 102 valence electrons. The molecule has 0 saturated heterocycles. The first-order chi connectivity index (χ1) is 9.74. The minimum absolute atomic E-state index is 0.260. The molecule has 2 aliphatic rings. The van der Waals surface area contributed by atoms with Crippen LogP contribution in [0.25, 0.3) is 11.3 Å². The zero-order valence-corrected chi connectivity index (χ0v) is 11.6. The fraction of sp³-hybridized carbons (Fsp3) is 0.412. The molecule has 0 radical (unpaired) electrons. The van der Waals surface area contributed by atoms with Gasteiger partial charge < -0.3 is 5.73 Å². The lowest BCUT2D eigenvalue weighted by molar-refractivity contribution is 0.673. The van der Waals surface area contributed by atoms with Gasteiger partial charge in [0.1, 0.15) is 5.82 Å². The van der Waals surface area contributed by atoms with Crippen LogP contribution >= 0.6 is 0 Å². The number of nitrogens with two attached hydrogens (primary N) is 1. The SMILES string of the molecule is NC1(c2nccc(-c3ccc4c(c3)CCCC4)n2)CC1. The molecule has 3 heteroatoms. The van der Waals surface area contributed by atoms with E-state index < -0.39 is 0 Å². The van der Waals surface area contributed by atoms with Crippen molar-refractivity contribution < 1.29 is 0 Å². The molecule has 2 aromatic rings. The molecular weight excluding hydrogens is 246 g/mol. The van der Waals surface area contributed by atoms with E-state index in [1.165, 1.54) is 42.4 Å². The van der Waals surface area contributed by atoms with Gasteiger partial charge in [-0.25, -0.2) is 9.97 Å². The van der Waals surface area contributed by atoms with Crippen LogP contribution in [0, 0.1) is 0 Å². The van der Waals surface area contributed by atoms with Gasteiger partial charge in [0.05, 0.1) is 11.2 Å². The van der Waals surface area contributed by atoms with Crippen LogP contribution < -0.4 is 5.73 Å². The first kappa shape index (κ1) is 12.0. The highest BCUT2D eigenvalue weighted by atomic mass is 15.0. The van der Waals surface area contributed by atoms with Crippen molar-refractivity contribution in [2.24, 2.45) is 5.73 Å². The number of hydrogen-bond donors (Lipinski definition) is 1. The molecule has 1 aromatic carbocycles. The molecule has 1 heterocycles. The fourth-order valence-corrected chi connectivity index (χ4v) is 3.01. The first-order valence-electron chi connectivity index (χ1n) is 7.49. The topological polar surface area (TPSA) is 51.8 Å². The summed E-state index contributed by atoms with van der Waals surface area (Å²) in [5.74, 6) is 0.799. The Morgan fingerprint density at radius 2 is 1.80 bits per heavy atom. The number of rotatable bonds is 2. The predicted molar refractivity (Wildman–Crippen MR) is 79.2 cm³/mol. The van der Waals surface area contributed by atoms with E-state index in [1.54, 1.807) is 0 Å². The Bertz CT molecular complexity index is 659.